The number of carbonyl (C=O) groups is 3. The number of ether oxygens (including phenoxy) is 2. The molecule has 11 nitrogen and oxygen atoms in total. The number of hydrogen-bond donors (Lipinski definition) is 6. The van der Waals surface area contributed by atoms with Crippen LogP contribution in [-0.4, -0.2) is 163 Å². The number of aliphatic hydroxyl groups is 4. The van der Waals surface area contributed by atoms with Gasteiger partial charge in [0.2, 0.25) is 0 Å². The molecular weight excluding hydrogens is 773 g/mol. The number of carbonyl (C=O) groups excluding carboxylic acids is 2. The van der Waals surface area contributed by atoms with Crippen molar-refractivity contribution < 1.29 is 54.5 Å². The van der Waals surface area contributed by atoms with Crippen LogP contribution in [-0.2, 0) is 19.1 Å². The van der Waals surface area contributed by atoms with E-state index in [1.807, 2.05) is 0 Å². The van der Waals surface area contributed by atoms with Crippen LogP contribution in [0.4, 0.5) is 4.79 Å². The molecular formula is C43H90Ca2O11. The van der Waals surface area contributed by atoms with Gasteiger partial charge < -0.3 is 40.1 Å². The van der Waals surface area contributed by atoms with Crippen molar-refractivity contribution in [3.05, 3.63) is 0 Å². The average molecular weight is 863 g/mol. The molecule has 2 unspecified atom stereocenters. The Kier molecular flexibility index (Phi) is 67.6. The SMILES string of the molecule is CCCCCCCCCCCCCCCCCC(=O)OCC(O)CO.CCCCCCCCCCCCCCCCCC(=O)OCC(O)CO.O=C(O)O.[CaH2].[CaH2]. The quantitative estimate of drug-likeness (QED) is 0.0198. The first-order valence-electron chi connectivity index (χ1n) is 21.9. The summed E-state index contributed by atoms with van der Waals surface area (Å²) in [4.78, 5) is 31.3. The van der Waals surface area contributed by atoms with E-state index >= 15 is 0 Å². The van der Waals surface area contributed by atoms with Gasteiger partial charge in [-0.3, -0.25) is 9.59 Å². The zero-order chi connectivity index (χ0) is 40.8. The Morgan fingerprint density at radius 2 is 0.571 bits per heavy atom. The van der Waals surface area contributed by atoms with Gasteiger partial charge in [0.05, 0.1) is 13.2 Å². The van der Waals surface area contributed by atoms with E-state index in [4.69, 9.17) is 44.9 Å². The van der Waals surface area contributed by atoms with Crippen LogP contribution in [0.1, 0.15) is 219 Å². The summed E-state index contributed by atoms with van der Waals surface area (Å²) in [7, 11) is 0. The molecule has 0 aromatic heterocycles. The predicted octanol–water partition coefficient (Wildman–Crippen LogP) is 8.68. The monoisotopic (exact) mass is 863 g/mol. The van der Waals surface area contributed by atoms with Crippen molar-refractivity contribution in [2.75, 3.05) is 26.4 Å². The van der Waals surface area contributed by atoms with E-state index in [1.165, 1.54) is 167 Å². The maximum absolute atomic E-state index is 11.4. The summed E-state index contributed by atoms with van der Waals surface area (Å²) < 4.78 is 9.73. The van der Waals surface area contributed by atoms with Gasteiger partial charge in [0, 0.05) is 12.8 Å². The van der Waals surface area contributed by atoms with Gasteiger partial charge in [0.1, 0.15) is 25.4 Å². The number of hydrogen-bond acceptors (Lipinski definition) is 9. The fourth-order valence-electron chi connectivity index (χ4n) is 5.91. The van der Waals surface area contributed by atoms with Gasteiger partial charge in [-0.25, -0.2) is 4.79 Å². The van der Waals surface area contributed by atoms with Crippen molar-refractivity contribution in [1.82, 2.24) is 0 Å². The Bertz CT molecular complexity index is 718. The van der Waals surface area contributed by atoms with Crippen molar-refractivity contribution in [3.8, 4) is 0 Å². The molecule has 2 atom stereocenters. The molecule has 0 spiro atoms. The first kappa shape index (κ1) is 65.7. The molecule has 56 heavy (non-hydrogen) atoms. The van der Waals surface area contributed by atoms with Gasteiger partial charge in [0.15, 0.2) is 0 Å². The molecule has 0 heterocycles. The molecule has 332 valence electrons. The molecule has 13 heteroatoms. The number of rotatable bonds is 38. The predicted molar refractivity (Wildman–Crippen MR) is 235 cm³/mol. The van der Waals surface area contributed by atoms with Gasteiger partial charge in [-0.15, -0.1) is 0 Å². The standard InChI is InChI=1S/2C21H42O4.CH2O3.2Ca.4H/c2*1-2-3-4-5-6-7-8-9-10-11-12-13-14-15-16-17-21(24)25-19-20(23)18-22;2-1(3)4;;;;;;/h2*20,22-23H,2-19H2,1H3;(H2,2,3,4);;;;;;. The summed E-state index contributed by atoms with van der Waals surface area (Å²) in [6, 6.07) is 0. The minimum absolute atomic E-state index is 0. The van der Waals surface area contributed by atoms with Crippen LogP contribution in [0.3, 0.4) is 0 Å². The molecule has 0 aliphatic carbocycles. The van der Waals surface area contributed by atoms with E-state index in [1.54, 1.807) is 0 Å². The third-order valence-corrected chi connectivity index (χ3v) is 9.26. The molecule has 0 aliphatic heterocycles. The molecule has 0 aliphatic rings. The zero-order valence-electron chi connectivity index (χ0n) is 34.8. The normalized spacial score (nSPS) is 11.4. The molecule has 0 fully saturated rings. The second-order valence-electron chi connectivity index (χ2n) is 14.7. The fourth-order valence-corrected chi connectivity index (χ4v) is 5.91. The van der Waals surface area contributed by atoms with E-state index in [0.29, 0.717) is 12.8 Å². The first-order chi connectivity index (χ1) is 26.1. The van der Waals surface area contributed by atoms with E-state index < -0.39 is 18.4 Å². The Hall–Kier alpha value is 0.569. The van der Waals surface area contributed by atoms with E-state index in [9.17, 15) is 9.59 Å². The van der Waals surface area contributed by atoms with Crippen LogP contribution in [0.15, 0.2) is 0 Å². The summed E-state index contributed by atoms with van der Waals surface area (Å²) in [6.07, 6.45) is 36.2. The average Bonchev–Trinajstić information content (AvgIpc) is 3.15. The molecule has 0 rings (SSSR count). The van der Waals surface area contributed by atoms with Gasteiger partial charge in [-0.2, -0.15) is 0 Å². The number of aliphatic hydroxyl groups excluding tert-OH is 4. The van der Waals surface area contributed by atoms with Crippen LogP contribution < -0.4 is 0 Å². The van der Waals surface area contributed by atoms with E-state index in [-0.39, 0.29) is 114 Å². The maximum atomic E-state index is 11.4. The molecule has 0 saturated carbocycles. The van der Waals surface area contributed by atoms with Gasteiger partial charge in [-0.1, -0.05) is 194 Å². The summed E-state index contributed by atoms with van der Waals surface area (Å²) in [5.74, 6) is -0.551. The third-order valence-electron chi connectivity index (χ3n) is 9.26. The van der Waals surface area contributed by atoms with Crippen molar-refractivity contribution in [2.45, 2.75) is 232 Å². The molecule has 0 aromatic carbocycles. The Balaban J connectivity index is -0.000000273. The summed E-state index contributed by atoms with van der Waals surface area (Å²) in [5.41, 5.74) is 0. The van der Waals surface area contributed by atoms with Gasteiger partial charge in [-0.05, 0) is 12.8 Å². The molecule has 0 saturated heterocycles. The van der Waals surface area contributed by atoms with E-state index in [2.05, 4.69) is 13.8 Å². The zero-order valence-corrected chi connectivity index (χ0v) is 34.8. The Morgan fingerprint density at radius 1 is 0.393 bits per heavy atom. The van der Waals surface area contributed by atoms with Gasteiger partial charge >= 0.3 is 93.6 Å². The number of unbranched alkanes of at least 4 members (excludes halogenated alkanes) is 28. The number of esters is 2. The van der Waals surface area contributed by atoms with Gasteiger partial charge in [0.25, 0.3) is 0 Å². The molecule has 0 bridgehead atoms. The molecule has 6 N–H and O–H groups in total. The van der Waals surface area contributed by atoms with Crippen molar-refractivity contribution in [2.24, 2.45) is 0 Å². The third kappa shape index (κ3) is 66.4. The van der Waals surface area contributed by atoms with E-state index in [0.717, 1.165) is 25.7 Å². The number of carboxylic acid groups (broad SMARTS) is 2. The Labute approximate surface area is 402 Å². The summed E-state index contributed by atoms with van der Waals surface area (Å²) >= 11 is 0. The minimum atomic E-state index is -1.83. The summed E-state index contributed by atoms with van der Waals surface area (Å²) in [5, 5.41) is 49.4. The van der Waals surface area contributed by atoms with Crippen LogP contribution in [0.5, 0.6) is 0 Å². The fraction of sp³-hybridized carbons (Fsp3) is 0.930. The van der Waals surface area contributed by atoms with Crippen molar-refractivity contribution >= 4 is 93.6 Å². The molecule has 0 aromatic rings. The van der Waals surface area contributed by atoms with Crippen LogP contribution in [0, 0.1) is 0 Å². The van der Waals surface area contributed by atoms with Crippen LogP contribution >= 0.6 is 0 Å². The molecule has 0 amide bonds. The summed E-state index contributed by atoms with van der Waals surface area (Å²) in [6.45, 7) is 3.59. The Morgan fingerprint density at radius 3 is 0.750 bits per heavy atom. The second kappa shape index (κ2) is 57.7. The molecule has 0 radical (unpaired) electrons. The second-order valence-corrected chi connectivity index (χ2v) is 14.7. The first-order valence-corrected chi connectivity index (χ1v) is 21.9. The van der Waals surface area contributed by atoms with Crippen molar-refractivity contribution in [1.29, 1.82) is 0 Å². The van der Waals surface area contributed by atoms with Crippen LogP contribution in [0.25, 0.3) is 0 Å². The van der Waals surface area contributed by atoms with Crippen LogP contribution in [0.2, 0.25) is 0 Å². The topological polar surface area (TPSA) is 191 Å². The van der Waals surface area contributed by atoms with Crippen molar-refractivity contribution in [3.63, 3.8) is 0 Å².